The molecular weight excluding hydrogens is 577 g/mol. The second kappa shape index (κ2) is 13.7. The van der Waals surface area contributed by atoms with E-state index in [0.717, 1.165) is 50.1 Å². The third-order valence-corrected chi connectivity index (χ3v) is 8.05. The van der Waals surface area contributed by atoms with Crippen molar-refractivity contribution in [2.45, 2.75) is 33.2 Å². The molecule has 0 atom stereocenters. The van der Waals surface area contributed by atoms with Crippen molar-refractivity contribution in [1.82, 2.24) is 30.1 Å². The highest BCUT2D eigenvalue weighted by Crippen LogP contribution is 2.31. The molecule has 2 fully saturated rings. The Labute approximate surface area is 256 Å². The first-order valence-electron chi connectivity index (χ1n) is 14.2. The van der Waals surface area contributed by atoms with Gasteiger partial charge in [-0.1, -0.05) is 23.2 Å². The van der Waals surface area contributed by atoms with E-state index in [9.17, 15) is 9.59 Å². The van der Waals surface area contributed by atoms with Gasteiger partial charge in [-0.3, -0.25) is 14.5 Å². The molecule has 42 heavy (non-hydrogen) atoms. The van der Waals surface area contributed by atoms with E-state index in [2.05, 4.69) is 25.1 Å². The molecule has 2 aliphatic heterocycles. The number of likely N-dealkylation sites (tertiary alicyclic amines) is 1. The number of amides is 2. The SMILES string of the molecule is CC(=O)NCC1CCN(Cc2cc(Oc3cnc(N4CCN(C(C)=O)CC4)nc3)nc(-c3cc(Cl)cc(Cl)c3)c2)CC1. The monoisotopic (exact) mass is 611 g/mol. The molecule has 0 spiro atoms. The Kier molecular flexibility index (Phi) is 9.76. The van der Waals surface area contributed by atoms with Crippen LogP contribution in [-0.2, 0) is 16.1 Å². The maximum Gasteiger partial charge on any atom is 0.225 e. The number of nitrogens with one attached hydrogen (secondary N) is 1. The van der Waals surface area contributed by atoms with Crippen LogP contribution in [0.3, 0.4) is 0 Å². The van der Waals surface area contributed by atoms with Gasteiger partial charge in [0.05, 0.1) is 18.1 Å². The minimum absolute atomic E-state index is 0.0166. The largest absolute Gasteiger partial charge is 0.436 e. The number of pyridine rings is 1. The Balaban J connectivity index is 1.31. The van der Waals surface area contributed by atoms with Gasteiger partial charge in [0.25, 0.3) is 0 Å². The summed E-state index contributed by atoms with van der Waals surface area (Å²) in [6.07, 6.45) is 5.34. The molecule has 0 saturated carbocycles. The van der Waals surface area contributed by atoms with E-state index < -0.39 is 0 Å². The lowest BCUT2D eigenvalue weighted by atomic mass is 9.96. The van der Waals surface area contributed by atoms with Gasteiger partial charge in [0.1, 0.15) is 0 Å². The third kappa shape index (κ3) is 8.08. The Bertz CT molecular complexity index is 1390. The first-order valence-corrected chi connectivity index (χ1v) is 14.9. The van der Waals surface area contributed by atoms with E-state index in [1.54, 1.807) is 32.3 Å². The summed E-state index contributed by atoms with van der Waals surface area (Å²) >= 11 is 12.6. The number of benzene rings is 1. The lowest BCUT2D eigenvalue weighted by Gasteiger charge is -2.34. The van der Waals surface area contributed by atoms with Crippen molar-refractivity contribution in [2.75, 3.05) is 50.7 Å². The summed E-state index contributed by atoms with van der Waals surface area (Å²) in [6, 6.07) is 9.34. The number of piperazine rings is 1. The Morgan fingerprint density at radius 2 is 1.60 bits per heavy atom. The number of rotatable bonds is 8. The first kappa shape index (κ1) is 30.0. The highest BCUT2D eigenvalue weighted by atomic mass is 35.5. The number of piperidine rings is 1. The summed E-state index contributed by atoms with van der Waals surface area (Å²) in [6.45, 7) is 9.15. The van der Waals surface area contributed by atoms with Crippen LogP contribution in [0.5, 0.6) is 11.6 Å². The molecule has 12 heteroatoms. The number of ether oxygens (including phenoxy) is 1. The van der Waals surface area contributed by atoms with Crippen molar-refractivity contribution in [1.29, 1.82) is 0 Å². The molecule has 2 amide bonds. The van der Waals surface area contributed by atoms with Crippen molar-refractivity contribution < 1.29 is 14.3 Å². The Morgan fingerprint density at radius 3 is 2.21 bits per heavy atom. The molecule has 1 aromatic carbocycles. The van der Waals surface area contributed by atoms with Crippen molar-refractivity contribution >= 4 is 41.0 Å². The van der Waals surface area contributed by atoms with Gasteiger partial charge in [-0.25, -0.2) is 15.0 Å². The lowest BCUT2D eigenvalue weighted by Crippen LogP contribution is -2.48. The number of halogens is 2. The predicted molar refractivity (Wildman–Crippen MR) is 163 cm³/mol. The van der Waals surface area contributed by atoms with Crippen LogP contribution in [0, 0.1) is 5.92 Å². The minimum Gasteiger partial charge on any atom is -0.436 e. The molecule has 2 aromatic heterocycles. The summed E-state index contributed by atoms with van der Waals surface area (Å²) in [5.41, 5.74) is 2.55. The quantitative estimate of drug-likeness (QED) is 0.392. The summed E-state index contributed by atoms with van der Waals surface area (Å²) in [5, 5.41) is 4.00. The lowest BCUT2D eigenvalue weighted by molar-refractivity contribution is -0.129. The summed E-state index contributed by atoms with van der Waals surface area (Å²) < 4.78 is 6.16. The molecule has 3 aromatic rings. The number of nitrogens with zero attached hydrogens (tertiary/aromatic N) is 6. The Hall–Kier alpha value is -3.47. The fourth-order valence-corrected chi connectivity index (χ4v) is 5.84. The number of aromatic nitrogens is 3. The summed E-state index contributed by atoms with van der Waals surface area (Å²) in [4.78, 5) is 43.0. The molecule has 2 saturated heterocycles. The molecule has 0 unspecified atom stereocenters. The number of carbonyl (C=O) groups is 2. The van der Waals surface area contributed by atoms with E-state index in [-0.39, 0.29) is 11.8 Å². The molecule has 0 radical (unpaired) electrons. The average molecular weight is 613 g/mol. The number of anilines is 1. The van der Waals surface area contributed by atoms with Crippen molar-refractivity contribution in [2.24, 2.45) is 5.92 Å². The van der Waals surface area contributed by atoms with Gasteiger partial charge in [0.15, 0.2) is 5.75 Å². The average Bonchev–Trinajstić information content (AvgIpc) is 2.96. The zero-order valence-electron chi connectivity index (χ0n) is 23.9. The normalized spacial score (nSPS) is 16.4. The fourth-order valence-electron chi connectivity index (χ4n) is 5.31. The van der Waals surface area contributed by atoms with Crippen LogP contribution in [0.2, 0.25) is 10.0 Å². The molecule has 5 rings (SSSR count). The van der Waals surface area contributed by atoms with Gasteiger partial charge >= 0.3 is 0 Å². The highest BCUT2D eigenvalue weighted by molar-refractivity contribution is 6.35. The van der Waals surface area contributed by atoms with E-state index in [1.165, 1.54) is 0 Å². The molecule has 2 aliphatic rings. The molecule has 0 bridgehead atoms. The van der Waals surface area contributed by atoms with Gasteiger partial charge in [-0.2, -0.15) is 0 Å². The summed E-state index contributed by atoms with van der Waals surface area (Å²) in [7, 11) is 0. The maximum absolute atomic E-state index is 11.6. The standard InChI is InChI=1S/C30H35Cl2N7O3/c1-20(40)33-16-22-3-5-37(6-4-22)19-23-11-28(24-13-25(31)15-26(32)14-24)36-29(12-23)42-27-17-34-30(35-18-27)39-9-7-38(8-10-39)21(2)41/h11-15,17-18,22H,3-10,16,19H2,1-2H3,(H,33,40). The third-order valence-electron chi connectivity index (χ3n) is 7.62. The Morgan fingerprint density at radius 1 is 0.929 bits per heavy atom. The number of hydrogen-bond acceptors (Lipinski definition) is 8. The molecule has 222 valence electrons. The minimum atomic E-state index is 0.0166. The number of carbonyl (C=O) groups excluding carboxylic acids is 2. The highest BCUT2D eigenvalue weighted by Gasteiger charge is 2.22. The second-order valence-corrected chi connectivity index (χ2v) is 11.7. The number of hydrogen-bond donors (Lipinski definition) is 1. The smallest absolute Gasteiger partial charge is 0.225 e. The van der Waals surface area contributed by atoms with Crippen LogP contribution in [-0.4, -0.2) is 82.4 Å². The zero-order valence-corrected chi connectivity index (χ0v) is 25.4. The predicted octanol–water partition coefficient (Wildman–Crippen LogP) is 4.65. The van der Waals surface area contributed by atoms with Crippen LogP contribution in [0.15, 0.2) is 42.7 Å². The van der Waals surface area contributed by atoms with Crippen molar-refractivity contribution in [3.8, 4) is 22.9 Å². The van der Waals surface area contributed by atoms with Crippen molar-refractivity contribution in [3.05, 3.63) is 58.3 Å². The second-order valence-electron chi connectivity index (χ2n) is 10.8. The van der Waals surface area contributed by atoms with Gasteiger partial charge in [0, 0.05) is 74.8 Å². The van der Waals surface area contributed by atoms with Crippen LogP contribution >= 0.6 is 23.2 Å². The van der Waals surface area contributed by atoms with Crippen LogP contribution in [0.4, 0.5) is 5.95 Å². The molecule has 10 nitrogen and oxygen atoms in total. The molecular formula is C30H35Cl2N7O3. The van der Waals surface area contributed by atoms with Gasteiger partial charge in [-0.15, -0.1) is 0 Å². The van der Waals surface area contributed by atoms with Crippen LogP contribution < -0.4 is 15.0 Å². The van der Waals surface area contributed by atoms with Crippen molar-refractivity contribution in [3.63, 3.8) is 0 Å². The van der Waals surface area contributed by atoms with Crippen LogP contribution in [0.25, 0.3) is 11.3 Å². The first-order chi connectivity index (χ1) is 20.2. The van der Waals surface area contributed by atoms with E-state index in [1.807, 2.05) is 29.2 Å². The molecule has 4 heterocycles. The molecule has 0 aliphatic carbocycles. The van der Waals surface area contributed by atoms with Gasteiger partial charge in [-0.05, 0) is 61.7 Å². The van der Waals surface area contributed by atoms with E-state index >= 15 is 0 Å². The van der Waals surface area contributed by atoms with E-state index in [4.69, 9.17) is 32.9 Å². The topological polar surface area (TPSA) is 104 Å². The fraction of sp³-hybridized carbons (Fsp3) is 0.433. The van der Waals surface area contributed by atoms with E-state index in [0.29, 0.717) is 65.4 Å². The zero-order chi connectivity index (χ0) is 29.6. The van der Waals surface area contributed by atoms with Crippen LogP contribution in [0.1, 0.15) is 32.3 Å². The molecule has 1 N–H and O–H groups in total. The summed E-state index contributed by atoms with van der Waals surface area (Å²) in [5.74, 6) is 2.09. The maximum atomic E-state index is 11.6. The van der Waals surface area contributed by atoms with Gasteiger partial charge in [0.2, 0.25) is 23.6 Å². The van der Waals surface area contributed by atoms with Gasteiger partial charge < -0.3 is 19.9 Å².